The Morgan fingerprint density at radius 3 is 2.56 bits per heavy atom. The Hall–Kier alpha value is -1.75. The second-order valence-corrected chi connectivity index (χ2v) is 7.92. The molecule has 2 aromatic carbocycles. The van der Waals surface area contributed by atoms with Gasteiger partial charge in [0.25, 0.3) is 0 Å². The van der Waals surface area contributed by atoms with Crippen LogP contribution in [0.1, 0.15) is 24.0 Å². The average Bonchev–Trinajstić information content (AvgIpc) is 2.72. The predicted octanol–water partition coefficient (Wildman–Crippen LogP) is 4.11. The van der Waals surface area contributed by atoms with E-state index in [-0.39, 0.29) is 0 Å². The van der Waals surface area contributed by atoms with Crippen molar-refractivity contribution in [3.63, 3.8) is 0 Å². The zero-order chi connectivity index (χ0) is 18.6. The zero-order valence-electron chi connectivity index (χ0n) is 15.8. The van der Waals surface area contributed by atoms with Gasteiger partial charge in [0.2, 0.25) is 0 Å². The molecular formula is C22H27ClN2O2. The first-order chi connectivity index (χ1) is 13.2. The van der Waals surface area contributed by atoms with Crippen molar-refractivity contribution in [1.29, 1.82) is 0 Å². The van der Waals surface area contributed by atoms with Crippen molar-refractivity contribution in [3.8, 4) is 11.5 Å². The highest BCUT2D eigenvalue weighted by molar-refractivity contribution is 6.32. The van der Waals surface area contributed by atoms with Gasteiger partial charge in [0.15, 0.2) is 11.5 Å². The molecule has 1 N–H and O–H groups in total. The average molecular weight is 387 g/mol. The maximum atomic E-state index is 6.52. The molecule has 0 amide bonds. The van der Waals surface area contributed by atoms with E-state index in [4.69, 9.17) is 21.1 Å². The van der Waals surface area contributed by atoms with E-state index in [1.807, 2.05) is 42.5 Å². The van der Waals surface area contributed by atoms with Gasteiger partial charge in [-0.25, -0.2) is 0 Å². The lowest BCUT2D eigenvalue weighted by atomic mass is 9.84. The molecule has 1 atom stereocenters. The molecule has 0 aliphatic carbocycles. The first kappa shape index (κ1) is 18.6. The van der Waals surface area contributed by atoms with E-state index >= 15 is 0 Å². The Bertz CT molecular complexity index is 760. The number of piperidine rings is 3. The van der Waals surface area contributed by atoms with Gasteiger partial charge in [0, 0.05) is 19.1 Å². The van der Waals surface area contributed by atoms with Gasteiger partial charge in [-0.15, -0.1) is 0 Å². The number of ether oxygens (including phenoxy) is 2. The maximum absolute atomic E-state index is 6.52. The van der Waals surface area contributed by atoms with Crippen LogP contribution in [0.2, 0.25) is 5.02 Å². The third kappa shape index (κ3) is 4.40. The van der Waals surface area contributed by atoms with E-state index in [0.29, 0.717) is 29.2 Å². The van der Waals surface area contributed by atoms with Crippen LogP contribution in [-0.4, -0.2) is 37.7 Å². The van der Waals surface area contributed by atoms with Gasteiger partial charge in [0.05, 0.1) is 12.1 Å². The molecule has 3 saturated heterocycles. The van der Waals surface area contributed by atoms with E-state index < -0.39 is 0 Å². The van der Waals surface area contributed by atoms with E-state index in [0.717, 1.165) is 30.1 Å². The predicted molar refractivity (Wildman–Crippen MR) is 109 cm³/mol. The lowest BCUT2D eigenvalue weighted by Gasteiger charge is -2.45. The lowest BCUT2D eigenvalue weighted by molar-refractivity contribution is 0.0720. The minimum atomic E-state index is 0.466. The van der Waals surface area contributed by atoms with E-state index in [1.165, 1.54) is 25.9 Å². The summed E-state index contributed by atoms with van der Waals surface area (Å²) in [4.78, 5) is 2.56. The Balaban J connectivity index is 1.41. The molecule has 3 fully saturated rings. The highest BCUT2D eigenvalue weighted by atomic mass is 35.5. The maximum Gasteiger partial charge on any atom is 0.180 e. The lowest BCUT2D eigenvalue weighted by Crippen LogP contribution is -2.55. The Labute approximate surface area is 166 Å². The largest absolute Gasteiger partial charge is 0.493 e. The summed E-state index contributed by atoms with van der Waals surface area (Å²) < 4.78 is 11.5. The SMILES string of the molecule is COc1cc(CN[C@H]2CN3CCC2CC3)cc(Cl)c1OCc1ccccc1. The summed E-state index contributed by atoms with van der Waals surface area (Å²) in [6, 6.07) is 14.7. The van der Waals surface area contributed by atoms with Gasteiger partial charge in [-0.1, -0.05) is 41.9 Å². The quantitative estimate of drug-likeness (QED) is 0.776. The summed E-state index contributed by atoms with van der Waals surface area (Å²) in [6.45, 7) is 4.94. The number of methoxy groups -OCH3 is 1. The second kappa shape index (κ2) is 8.51. The first-order valence-corrected chi connectivity index (χ1v) is 10.1. The molecule has 0 saturated carbocycles. The van der Waals surface area contributed by atoms with Crippen LogP contribution in [0, 0.1) is 5.92 Å². The number of nitrogens with one attached hydrogen (secondary N) is 1. The third-order valence-electron chi connectivity index (χ3n) is 5.74. The van der Waals surface area contributed by atoms with Gasteiger partial charge in [-0.2, -0.15) is 0 Å². The molecule has 0 unspecified atom stereocenters. The molecule has 144 valence electrons. The van der Waals surface area contributed by atoms with Crippen LogP contribution in [0.15, 0.2) is 42.5 Å². The smallest absolute Gasteiger partial charge is 0.180 e. The number of hydrogen-bond donors (Lipinski definition) is 1. The molecule has 0 spiro atoms. The molecule has 4 nitrogen and oxygen atoms in total. The van der Waals surface area contributed by atoms with Crippen molar-refractivity contribution in [1.82, 2.24) is 10.2 Å². The monoisotopic (exact) mass is 386 g/mol. The number of nitrogens with zero attached hydrogens (tertiary/aromatic N) is 1. The van der Waals surface area contributed by atoms with E-state index in [1.54, 1.807) is 7.11 Å². The highest BCUT2D eigenvalue weighted by Crippen LogP contribution is 2.37. The number of halogens is 1. The normalized spacial score (nSPS) is 24.0. The Morgan fingerprint density at radius 2 is 1.89 bits per heavy atom. The summed E-state index contributed by atoms with van der Waals surface area (Å²) in [5, 5.41) is 4.32. The molecule has 2 aromatic rings. The van der Waals surface area contributed by atoms with Crippen LogP contribution in [-0.2, 0) is 13.2 Å². The van der Waals surface area contributed by atoms with Crippen LogP contribution >= 0.6 is 11.6 Å². The Morgan fingerprint density at radius 1 is 1.11 bits per heavy atom. The van der Waals surface area contributed by atoms with Crippen molar-refractivity contribution in [2.45, 2.75) is 32.0 Å². The fourth-order valence-electron chi connectivity index (χ4n) is 4.19. The number of benzene rings is 2. The third-order valence-corrected chi connectivity index (χ3v) is 6.02. The molecule has 27 heavy (non-hydrogen) atoms. The molecule has 5 rings (SSSR count). The van der Waals surface area contributed by atoms with Gasteiger partial charge in [-0.3, -0.25) is 0 Å². The van der Waals surface area contributed by atoms with Crippen molar-refractivity contribution >= 4 is 11.6 Å². The molecule has 0 radical (unpaired) electrons. The molecule has 5 heteroatoms. The minimum Gasteiger partial charge on any atom is -0.493 e. The van der Waals surface area contributed by atoms with Crippen molar-refractivity contribution in [3.05, 3.63) is 58.6 Å². The summed E-state index contributed by atoms with van der Waals surface area (Å²) >= 11 is 6.52. The molecule has 3 heterocycles. The van der Waals surface area contributed by atoms with Gasteiger partial charge < -0.3 is 19.7 Å². The number of fused-ring (bicyclic) bond motifs is 3. The zero-order valence-corrected chi connectivity index (χ0v) is 16.5. The standard InChI is InChI=1S/C22H27ClN2O2/c1-26-21-12-17(13-24-20-14-25-9-7-18(20)8-10-25)11-19(23)22(21)27-15-16-5-3-2-4-6-16/h2-6,11-12,18,20,24H,7-10,13-15H2,1H3/t20-/m0/s1. The van der Waals surface area contributed by atoms with Gasteiger partial charge in [-0.05, 0) is 55.1 Å². The number of hydrogen-bond acceptors (Lipinski definition) is 4. The van der Waals surface area contributed by atoms with Gasteiger partial charge in [0.1, 0.15) is 6.61 Å². The van der Waals surface area contributed by atoms with Crippen LogP contribution < -0.4 is 14.8 Å². The Kier molecular flexibility index (Phi) is 5.86. The molecule has 2 bridgehead atoms. The fraction of sp³-hybridized carbons (Fsp3) is 0.455. The number of rotatable bonds is 7. The summed E-state index contributed by atoms with van der Waals surface area (Å²) in [7, 11) is 1.66. The minimum absolute atomic E-state index is 0.466. The topological polar surface area (TPSA) is 33.7 Å². The summed E-state index contributed by atoms with van der Waals surface area (Å²) in [5.41, 5.74) is 2.23. The van der Waals surface area contributed by atoms with Crippen molar-refractivity contribution < 1.29 is 9.47 Å². The molecule has 0 aromatic heterocycles. The summed E-state index contributed by atoms with van der Waals surface area (Å²) in [6.07, 6.45) is 2.63. The van der Waals surface area contributed by atoms with E-state index in [9.17, 15) is 0 Å². The van der Waals surface area contributed by atoms with Crippen molar-refractivity contribution in [2.75, 3.05) is 26.7 Å². The summed E-state index contributed by atoms with van der Waals surface area (Å²) in [5.74, 6) is 2.10. The van der Waals surface area contributed by atoms with Crippen LogP contribution in [0.4, 0.5) is 0 Å². The van der Waals surface area contributed by atoms with E-state index in [2.05, 4.69) is 10.2 Å². The fourth-order valence-corrected chi connectivity index (χ4v) is 4.48. The molecular weight excluding hydrogens is 360 g/mol. The van der Waals surface area contributed by atoms with Crippen LogP contribution in [0.3, 0.4) is 0 Å². The first-order valence-electron chi connectivity index (χ1n) is 9.72. The van der Waals surface area contributed by atoms with Crippen LogP contribution in [0.25, 0.3) is 0 Å². The molecule has 3 aliphatic rings. The second-order valence-electron chi connectivity index (χ2n) is 7.51. The van der Waals surface area contributed by atoms with Crippen LogP contribution in [0.5, 0.6) is 11.5 Å². The van der Waals surface area contributed by atoms with Crippen molar-refractivity contribution in [2.24, 2.45) is 5.92 Å². The van der Waals surface area contributed by atoms with Gasteiger partial charge >= 0.3 is 0 Å². The molecule has 3 aliphatic heterocycles. The highest BCUT2D eigenvalue weighted by Gasteiger charge is 2.33.